The van der Waals surface area contributed by atoms with E-state index >= 15 is 0 Å². The van der Waals surface area contributed by atoms with E-state index in [-0.39, 0.29) is 10.6 Å². The molecule has 0 aliphatic rings. The fourth-order valence-corrected chi connectivity index (χ4v) is 2.16. The third-order valence-electron chi connectivity index (χ3n) is 2.67. The van der Waals surface area contributed by atoms with Crippen LogP contribution in [0.2, 0.25) is 5.02 Å². The molecule has 2 rings (SSSR count). The van der Waals surface area contributed by atoms with Crippen molar-refractivity contribution < 1.29 is 9.50 Å². The Hall–Kier alpha value is -0.970. The Balaban J connectivity index is 2.50. The van der Waals surface area contributed by atoms with Crippen LogP contribution >= 0.6 is 27.5 Å². The van der Waals surface area contributed by atoms with Crippen molar-refractivity contribution in [1.82, 2.24) is 4.98 Å². The highest BCUT2D eigenvalue weighted by atomic mass is 79.9. The van der Waals surface area contributed by atoms with Crippen molar-refractivity contribution >= 4 is 27.5 Å². The van der Waals surface area contributed by atoms with Crippen LogP contribution in [0.5, 0.6) is 0 Å². The van der Waals surface area contributed by atoms with Crippen molar-refractivity contribution in [3.63, 3.8) is 0 Å². The summed E-state index contributed by atoms with van der Waals surface area (Å²) in [5.74, 6) is -0.636. The second-order valence-corrected chi connectivity index (χ2v) is 5.10. The molecule has 0 amide bonds. The van der Waals surface area contributed by atoms with Gasteiger partial charge in [0.15, 0.2) is 0 Å². The smallest absolute Gasteiger partial charge is 0.149 e. The predicted octanol–water partition coefficient (Wildman–Crippen LogP) is 4.03. The number of benzene rings is 1. The molecule has 0 radical (unpaired) electrons. The average molecular weight is 331 g/mol. The van der Waals surface area contributed by atoms with Crippen LogP contribution in [0.1, 0.15) is 22.9 Å². The van der Waals surface area contributed by atoms with Crippen molar-refractivity contribution in [3.05, 3.63) is 62.6 Å². The van der Waals surface area contributed by atoms with Crippen LogP contribution in [0.15, 0.2) is 34.9 Å². The summed E-state index contributed by atoms with van der Waals surface area (Å²) in [6, 6.07) is 6.66. The first-order valence-corrected chi connectivity index (χ1v) is 6.42. The van der Waals surface area contributed by atoms with Gasteiger partial charge in [0.1, 0.15) is 11.9 Å². The van der Waals surface area contributed by atoms with Crippen molar-refractivity contribution in [2.24, 2.45) is 0 Å². The molecule has 94 valence electrons. The molecule has 1 atom stereocenters. The van der Waals surface area contributed by atoms with Crippen molar-refractivity contribution in [1.29, 1.82) is 0 Å². The molecular formula is C13H10BrClFNO. The first-order chi connectivity index (χ1) is 8.52. The Morgan fingerprint density at radius 2 is 2.11 bits per heavy atom. The largest absolute Gasteiger partial charge is 0.382 e. The minimum Gasteiger partial charge on any atom is -0.382 e. The van der Waals surface area contributed by atoms with Gasteiger partial charge in [-0.15, -0.1) is 0 Å². The molecule has 2 nitrogen and oxygen atoms in total. The summed E-state index contributed by atoms with van der Waals surface area (Å²) in [6.07, 6.45) is 0.431. The maximum absolute atomic E-state index is 14.0. The van der Waals surface area contributed by atoms with Gasteiger partial charge < -0.3 is 5.11 Å². The molecule has 1 aromatic heterocycles. The Morgan fingerprint density at radius 3 is 2.78 bits per heavy atom. The van der Waals surface area contributed by atoms with E-state index in [1.165, 1.54) is 6.07 Å². The molecule has 0 saturated heterocycles. The SMILES string of the molecule is Cc1cccnc1C(O)c1ccc(Br)c(Cl)c1F. The van der Waals surface area contributed by atoms with Crippen molar-refractivity contribution in [2.75, 3.05) is 0 Å². The number of aliphatic hydroxyl groups excluding tert-OH is 1. The van der Waals surface area contributed by atoms with Gasteiger partial charge in [-0.25, -0.2) is 4.39 Å². The fraction of sp³-hybridized carbons (Fsp3) is 0.154. The summed E-state index contributed by atoms with van der Waals surface area (Å²) in [5, 5.41) is 10.2. The molecule has 1 unspecified atom stereocenters. The molecule has 0 fully saturated rings. The third-order valence-corrected chi connectivity index (χ3v) is 3.93. The number of aromatic nitrogens is 1. The van der Waals surface area contributed by atoms with Crippen molar-refractivity contribution in [2.45, 2.75) is 13.0 Å². The molecule has 0 bridgehead atoms. The number of nitrogens with zero attached hydrogens (tertiary/aromatic N) is 1. The van der Waals surface area contributed by atoms with Crippen molar-refractivity contribution in [3.8, 4) is 0 Å². The Kier molecular flexibility index (Phi) is 4.00. The minimum atomic E-state index is -1.13. The Labute approximate surface area is 118 Å². The summed E-state index contributed by atoms with van der Waals surface area (Å²) in [6.45, 7) is 1.81. The number of aryl methyl sites for hydroxylation is 1. The van der Waals surface area contributed by atoms with E-state index in [4.69, 9.17) is 11.6 Å². The fourth-order valence-electron chi connectivity index (χ4n) is 1.68. The number of hydrogen-bond donors (Lipinski definition) is 1. The van der Waals surface area contributed by atoms with Gasteiger partial charge in [-0.1, -0.05) is 23.7 Å². The highest BCUT2D eigenvalue weighted by Gasteiger charge is 2.20. The van der Waals surface area contributed by atoms with Crippen LogP contribution in [0.25, 0.3) is 0 Å². The summed E-state index contributed by atoms with van der Waals surface area (Å²) >= 11 is 8.93. The summed E-state index contributed by atoms with van der Waals surface area (Å²) < 4.78 is 14.4. The van der Waals surface area contributed by atoms with Gasteiger partial charge in [0.2, 0.25) is 0 Å². The van der Waals surface area contributed by atoms with E-state index in [0.717, 1.165) is 5.56 Å². The van der Waals surface area contributed by atoms with E-state index in [9.17, 15) is 9.50 Å². The first-order valence-electron chi connectivity index (χ1n) is 5.25. The molecular weight excluding hydrogens is 321 g/mol. The average Bonchev–Trinajstić information content (AvgIpc) is 2.36. The van der Waals surface area contributed by atoms with Crippen LogP contribution < -0.4 is 0 Å². The van der Waals surface area contributed by atoms with Gasteiger partial charge in [0.05, 0.1) is 10.7 Å². The van der Waals surface area contributed by atoms with E-state index in [1.54, 1.807) is 18.3 Å². The maximum Gasteiger partial charge on any atom is 0.149 e. The van der Waals surface area contributed by atoms with E-state index in [1.807, 2.05) is 13.0 Å². The molecule has 0 aliphatic carbocycles. The van der Waals surface area contributed by atoms with Crippen LogP contribution in [-0.2, 0) is 0 Å². The molecule has 0 saturated carbocycles. The van der Waals surface area contributed by atoms with Crippen LogP contribution in [0.3, 0.4) is 0 Å². The van der Waals surface area contributed by atoms with Gasteiger partial charge in [-0.05, 0) is 40.5 Å². The molecule has 5 heteroatoms. The van der Waals surface area contributed by atoms with E-state index in [2.05, 4.69) is 20.9 Å². The lowest BCUT2D eigenvalue weighted by Gasteiger charge is -2.14. The lowest BCUT2D eigenvalue weighted by Crippen LogP contribution is -2.07. The third kappa shape index (κ3) is 2.41. The second-order valence-electron chi connectivity index (χ2n) is 3.87. The number of hydrogen-bond acceptors (Lipinski definition) is 2. The predicted molar refractivity (Wildman–Crippen MR) is 72.1 cm³/mol. The molecule has 2 aromatic rings. The molecule has 1 heterocycles. The second kappa shape index (κ2) is 5.34. The molecule has 0 spiro atoms. The molecule has 1 N–H and O–H groups in total. The van der Waals surface area contributed by atoms with Crippen LogP contribution in [0, 0.1) is 12.7 Å². The monoisotopic (exact) mass is 329 g/mol. The highest BCUT2D eigenvalue weighted by Crippen LogP contribution is 2.32. The number of rotatable bonds is 2. The number of pyridine rings is 1. The lowest BCUT2D eigenvalue weighted by atomic mass is 10.0. The first kappa shape index (κ1) is 13.5. The number of aliphatic hydroxyl groups is 1. The lowest BCUT2D eigenvalue weighted by molar-refractivity contribution is 0.209. The maximum atomic E-state index is 14.0. The van der Waals surface area contributed by atoms with Gasteiger partial charge in [-0.3, -0.25) is 4.98 Å². The summed E-state index contributed by atoms with van der Waals surface area (Å²) in [4.78, 5) is 4.08. The van der Waals surface area contributed by atoms with E-state index < -0.39 is 11.9 Å². The zero-order chi connectivity index (χ0) is 13.3. The van der Waals surface area contributed by atoms with Gasteiger partial charge in [-0.2, -0.15) is 0 Å². The topological polar surface area (TPSA) is 33.1 Å². The Bertz CT molecular complexity index is 591. The van der Waals surface area contributed by atoms with E-state index in [0.29, 0.717) is 10.2 Å². The highest BCUT2D eigenvalue weighted by molar-refractivity contribution is 9.10. The number of halogens is 3. The zero-order valence-electron chi connectivity index (χ0n) is 9.49. The molecule has 18 heavy (non-hydrogen) atoms. The van der Waals surface area contributed by atoms with Crippen LogP contribution in [-0.4, -0.2) is 10.1 Å². The zero-order valence-corrected chi connectivity index (χ0v) is 11.8. The molecule has 1 aromatic carbocycles. The quantitative estimate of drug-likeness (QED) is 0.844. The summed E-state index contributed by atoms with van der Waals surface area (Å²) in [7, 11) is 0. The minimum absolute atomic E-state index is 0.0415. The van der Waals surface area contributed by atoms with Crippen LogP contribution in [0.4, 0.5) is 4.39 Å². The van der Waals surface area contributed by atoms with Gasteiger partial charge in [0.25, 0.3) is 0 Å². The Morgan fingerprint density at radius 1 is 1.39 bits per heavy atom. The normalized spacial score (nSPS) is 12.5. The van der Waals surface area contributed by atoms with Gasteiger partial charge >= 0.3 is 0 Å². The standard InChI is InChI=1S/C13H10BrClFNO/c1-7-3-2-6-17-12(7)13(18)8-4-5-9(14)10(15)11(8)16/h2-6,13,18H,1H3. The summed E-state index contributed by atoms with van der Waals surface area (Å²) in [5.41, 5.74) is 1.34. The molecule has 0 aliphatic heterocycles. The van der Waals surface area contributed by atoms with Gasteiger partial charge in [0, 0.05) is 16.2 Å².